The van der Waals surface area contributed by atoms with Gasteiger partial charge in [-0.3, -0.25) is 0 Å². The van der Waals surface area contributed by atoms with Crippen LogP contribution in [0, 0.1) is 22.7 Å². The fraction of sp³-hybridized carbons (Fsp3) is 0.100. The van der Waals surface area contributed by atoms with Gasteiger partial charge < -0.3 is 14.2 Å². The number of nitrogens with zero attached hydrogens (tertiary/aromatic N) is 2. The molecule has 3 rings (SSSR count). The Morgan fingerprint density at radius 1 is 0.960 bits per heavy atom. The molecule has 0 amide bonds. The Kier molecular flexibility index (Phi) is 4.41. The van der Waals surface area contributed by atoms with E-state index in [-0.39, 0.29) is 5.57 Å². The van der Waals surface area contributed by atoms with Gasteiger partial charge in [0, 0.05) is 16.7 Å². The van der Waals surface area contributed by atoms with E-state index in [1.165, 1.54) is 0 Å². The number of ether oxygens (including phenoxy) is 3. The summed E-state index contributed by atoms with van der Waals surface area (Å²) in [5, 5.41) is 18.5. The number of methoxy groups -OCH3 is 2. The highest BCUT2D eigenvalue weighted by molar-refractivity contribution is 5.92. The highest BCUT2D eigenvalue weighted by atomic mass is 16.5. The van der Waals surface area contributed by atoms with Crippen LogP contribution in [0.5, 0.6) is 17.2 Å². The summed E-state index contributed by atoms with van der Waals surface area (Å²) < 4.78 is 16.5. The van der Waals surface area contributed by atoms with Crippen LogP contribution in [0.1, 0.15) is 11.1 Å². The third kappa shape index (κ3) is 2.91. The molecule has 25 heavy (non-hydrogen) atoms. The summed E-state index contributed by atoms with van der Waals surface area (Å²) >= 11 is 0. The number of rotatable bonds is 3. The molecule has 1 aliphatic rings. The summed E-state index contributed by atoms with van der Waals surface area (Å²) in [6.07, 6.45) is 1.70. The summed E-state index contributed by atoms with van der Waals surface area (Å²) in [7, 11) is 3.12. The molecule has 0 saturated heterocycles. The molecule has 5 heteroatoms. The van der Waals surface area contributed by atoms with Gasteiger partial charge in [0.2, 0.25) is 0 Å². The molecule has 1 heterocycles. The van der Waals surface area contributed by atoms with Crippen LogP contribution in [-0.4, -0.2) is 14.2 Å². The maximum absolute atomic E-state index is 9.27. The molecular weight excluding hydrogens is 316 g/mol. The van der Waals surface area contributed by atoms with Crippen molar-refractivity contribution in [3.63, 3.8) is 0 Å². The number of fused-ring (bicyclic) bond motifs is 1. The van der Waals surface area contributed by atoms with Gasteiger partial charge in [0.1, 0.15) is 29.2 Å². The normalized spacial score (nSPS) is 12.0. The highest BCUT2D eigenvalue weighted by Gasteiger charge is 2.21. The Labute approximate surface area is 145 Å². The fourth-order valence-corrected chi connectivity index (χ4v) is 2.62. The highest BCUT2D eigenvalue weighted by Crippen LogP contribution is 2.39. The van der Waals surface area contributed by atoms with E-state index in [1.54, 1.807) is 38.5 Å². The number of allylic oxidation sites excluding steroid dienone is 3. The first-order valence-electron chi connectivity index (χ1n) is 7.47. The number of para-hydroxylation sites is 1. The van der Waals surface area contributed by atoms with E-state index < -0.39 is 0 Å². The molecule has 0 radical (unpaired) electrons. The van der Waals surface area contributed by atoms with Crippen LogP contribution in [0.2, 0.25) is 0 Å². The van der Waals surface area contributed by atoms with Crippen molar-refractivity contribution in [2.45, 2.75) is 0 Å². The van der Waals surface area contributed by atoms with Crippen LogP contribution in [0.3, 0.4) is 0 Å². The lowest BCUT2D eigenvalue weighted by atomic mass is 9.96. The summed E-state index contributed by atoms with van der Waals surface area (Å²) in [4.78, 5) is 0. The van der Waals surface area contributed by atoms with Gasteiger partial charge in [0.25, 0.3) is 0 Å². The topological polar surface area (TPSA) is 75.3 Å². The smallest absolute Gasteiger partial charge is 0.161 e. The fourth-order valence-electron chi connectivity index (χ4n) is 2.62. The third-order valence-corrected chi connectivity index (χ3v) is 3.83. The van der Waals surface area contributed by atoms with E-state index in [0.717, 1.165) is 5.56 Å². The average Bonchev–Trinajstić information content (AvgIpc) is 2.68. The third-order valence-electron chi connectivity index (χ3n) is 3.83. The van der Waals surface area contributed by atoms with Crippen molar-refractivity contribution in [3.05, 3.63) is 65.2 Å². The number of benzene rings is 2. The molecule has 2 aromatic rings. The quantitative estimate of drug-likeness (QED) is 0.797. The Balaban J connectivity index is 2.18. The van der Waals surface area contributed by atoms with Crippen LogP contribution in [0.15, 0.2) is 54.1 Å². The molecule has 0 atom stereocenters. The van der Waals surface area contributed by atoms with Gasteiger partial charge in [0.15, 0.2) is 11.5 Å². The van der Waals surface area contributed by atoms with Crippen molar-refractivity contribution in [2.24, 2.45) is 0 Å². The van der Waals surface area contributed by atoms with Crippen LogP contribution in [0.4, 0.5) is 0 Å². The maximum Gasteiger partial charge on any atom is 0.161 e. The molecule has 5 nitrogen and oxygen atoms in total. The second-order valence-corrected chi connectivity index (χ2v) is 5.19. The Bertz CT molecular complexity index is 959. The van der Waals surface area contributed by atoms with Crippen molar-refractivity contribution in [1.29, 1.82) is 10.5 Å². The van der Waals surface area contributed by atoms with E-state index in [4.69, 9.17) is 14.2 Å². The van der Waals surface area contributed by atoms with E-state index in [2.05, 4.69) is 0 Å². The maximum atomic E-state index is 9.27. The largest absolute Gasteiger partial charge is 0.493 e. The first-order chi connectivity index (χ1) is 12.2. The zero-order valence-corrected chi connectivity index (χ0v) is 13.7. The minimum Gasteiger partial charge on any atom is -0.493 e. The van der Waals surface area contributed by atoms with E-state index in [0.29, 0.717) is 34.1 Å². The molecule has 0 fully saturated rings. The van der Waals surface area contributed by atoms with Gasteiger partial charge in [-0.1, -0.05) is 18.2 Å². The van der Waals surface area contributed by atoms with Crippen molar-refractivity contribution in [2.75, 3.05) is 14.2 Å². The van der Waals surface area contributed by atoms with Crippen molar-refractivity contribution < 1.29 is 14.2 Å². The Hall–Kier alpha value is -3.70. The van der Waals surface area contributed by atoms with Gasteiger partial charge in [-0.05, 0) is 30.3 Å². The lowest BCUT2D eigenvalue weighted by Gasteiger charge is -2.21. The Morgan fingerprint density at radius 3 is 2.36 bits per heavy atom. The zero-order valence-electron chi connectivity index (χ0n) is 13.7. The number of hydrogen-bond donors (Lipinski definition) is 0. The minimum atomic E-state index is 0.0359. The molecule has 0 spiro atoms. The van der Waals surface area contributed by atoms with Crippen LogP contribution >= 0.6 is 0 Å². The number of nitriles is 2. The summed E-state index contributed by atoms with van der Waals surface area (Å²) in [6.45, 7) is 0. The van der Waals surface area contributed by atoms with Crippen molar-refractivity contribution in [1.82, 2.24) is 0 Å². The average molecular weight is 330 g/mol. The summed E-state index contributed by atoms with van der Waals surface area (Å²) in [5.74, 6) is 2.29. The second kappa shape index (κ2) is 6.82. The first-order valence-corrected chi connectivity index (χ1v) is 7.47. The molecule has 0 bridgehead atoms. The SMILES string of the molecule is COc1ccc(C2=CC(=C(C#N)C#N)c3ccccc3O2)cc1OC. The van der Waals surface area contributed by atoms with E-state index >= 15 is 0 Å². The van der Waals surface area contributed by atoms with E-state index in [9.17, 15) is 10.5 Å². The predicted molar refractivity (Wildman–Crippen MR) is 92.7 cm³/mol. The molecule has 122 valence electrons. The Morgan fingerprint density at radius 2 is 1.68 bits per heavy atom. The van der Waals surface area contributed by atoms with Crippen LogP contribution in [0.25, 0.3) is 11.3 Å². The zero-order chi connectivity index (χ0) is 17.8. The molecule has 0 aliphatic carbocycles. The second-order valence-electron chi connectivity index (χ2n) is 5.19. The molecule has 0 N–H and O–H groups in total. The molecule has 0 aromatic heterocycles. The molecule has 1 aliphatic heterocycles. The molecule has 0 unspecified atom stereocenters. The summed E-state index contributed by atoms with van der Waals surface area (Å²) in [5.41, 5.74) is 2.04. The first kappa shape index (κ1) is 16.2. The van der Waals surface area contributed by atoms with E-state index in [1.807, 2.05) is 36.4 Å². The lowest BCUT2D eigenvalue weighted by molar-refractivity contribution is 0.354. The van der Waals surface area contributed by atoms with Gasteiger partial charge in [0.05, 0.1) is 14.2 Å². The molecule has 2 aromatic carbocycles. The predicted octanol–water partition coefficient (Wildman–Crippen LogP) is 3.94. The van der Waals surface area contributed by atoms with Crippen molar-refractivity contribution >= 4 is 11.3 Å². The van der Waals surface area contributed by atoms with Crippen molar-refractivity contribution in [3.8, 4) is 29.4 Å². The van der Waals surface area contributed by atoms with Gasteiger partial charge in [-0.2, -0.15) is 10.5 Å². The number of hydrogen-bond acceptors (Lipinski definition) is 5. The molecular formula is C20H14N2O3. The lowest BCUT2D eigenvalue weighted by Crippen LogP contribution is -2.05. The standard InChI is InChI=1S/C20H14N2O3/c1-23-18-8-7-13(9-20(18)24-2)19-10-16(14(11-21)12-22)15-5-3-4-6-17(15)25-19/h3-10H,1-2H3. The monoisotopic (exact) mass is 330 g/mol. The van der Waals surface area contributed by atoms with Crippen LogP contribution < -0.4 is 14.2 Å². The minimum absolute atomic E-state index is 0.0359. The van der Waals surface area contributed by atoms with Crippen LogP contribution in [-0.2, 0) is 0 Å². The summed E-state index contributed by atoms with van der Waals surface area (Å²) in [6, 6.07) is 16.6. The van der Waals surface area contributed by atoms with Gasteiger partial charge in [-0.15, -0.1) is 0 Å². The molecule has 0 saturated carbocycles. The van der Waals surface area contributed by atoms with Gasteiger partial charge >= 0.3 is 0 Å². The van der Waals surface area contributed by atoms with Gasteiger partial charge in [-0.25, -0.2) is 0 Å².